The summed E-state index contributed by atoms with van der Waals surface area (Å²) in [5, 5.41) is 9.18. The number of carbonyl (C=O) groups is 1. The van der Waals surface area contributed by atoms with Gasteiger partial charge in [0.2, 0.25) is 5.88 Å². The van der Waals surface area contributed by atoms with Gasteiger partial charge in [0.25, 0.3) is 5.91 Å². The third-order valence-corrected chi connectivity index (χ3v) is 4.17. The second-order valence-electron chi connectivity index (χ2n) is 6.19. The minimum absolute atomic E-state index is 0.0859. The number of ether oxygens (including phenoxy) is 2. The maximum atomic E-state index is 11.7. The van der Waals surface area contributed by atoms with Gasteiger partial charge in [-0.1, -0.05) is 18.2 Å². The molecule has 0 unspecified atom stereocenters. The minimum Gasteiger partial charge on any atom is -0.475 e. The third-order valence-electron chi connectivity index (χ3n) is 4.17. The highest BCUT2D eigenvalue weighted by molar-refractivity contribution is 5.94. The van der Waals surface area contributed by atoms with Crippen molar-refractivity contribution in [2.45, 2.75) is 13.0 Å². The molecule has 0 aliphatic rings. The van der Waals surface area contributed by atoms with Crippen LogP contribution in [-0.2, 0) is 17.7 Å². The summed E-state index contributed by atoms with van der Waals surface area (Å²) < 4.78 is 10.7. The van der Waals surface area contributed by atoms with Gasteiger partial charge in [-0.05, 0) is 30.2 Å². The fourth-order valence-electron chi connectivity index (χ4n) is 2.65. The summed E-state index contributed by atoms with van der Waals surface area (Å²) in [5.41, 5.74) is 2.67. The van der Waals surface area contributed by atoms with Crippen molar-refractivity contribution >= 4 is 11.9 Å². The largest absolute Gasteiger partial charge is 0.475 e. The van der Waals surface area contributed by atoms with Crippen molar-refractivity contribution in [3.05, 3.63) is 59.3 Å². The van der Waals surface area contributed by atoms with Crippen molar-refractivity contribution in [1.82, 2.24) is 20.9 Å². The second-order valence-corrected chi connectivity index (χ2v) is 6.19. The number of rotatable bonds is 10. The van der Waals surface area contributed by atoms with E-state index < -0.39 is 0 Å². The van der Waals surface area contributed by atoms with Crippen molar-refractivity contribution in [3.8, 4) is 5.88 Å². The number of methoxy groups -OCH3 is 1. The van der Waals surface area contributed by atoms with Gasteiger partial charge < -0.3 is 25.4 Å². The molecule has 156 valence electrons. The molecule has 1 aromatic carbocycles. The molecule has 0 spiro atoms. The van der Waals surface area contributed by atoms with E-state index in [0.29, 0.717) is 43.7 Å². The quantitative estimate of drug-likeness (QED) is 0.317. The van der Waals surface area contributed by atoms with Crippen LogP contribution in [0.25, 0.3) is 0 Å². The number of nitrogens with zero attached hydrogens (tertiary/aromatic N) is 2. The highest BCUT2D eigenvalue weighted by Crippen LogP contribution is 2.13. The van der Waals surface area contributed by atoms with Crippen LogP contribution >= 0.6 is 0 Å². The maximum Gasteiger partial charge on any atom is 0.251 e. The van der Waals surface area contributed by atoms with Crippen LogP contribution in [0.1, 0.15) is 21.5 Å². The third kappa shape index (κ3) is 7.42. The van der Waals surface area contributed by atoms with E-state index >= 15 is 0 Å². The number of amides is 1. The Bertz CT molecular complexity index is 810. The molecule has 0 radical (unpaired) electrons. The molecular weight excluding hydrogens is 370 g/mol. The molecular formula is C21H29N5O3. The lowest BCUT2D eigenvalue weighted by atomic mass is 10.1. The maximum absolute atomic E-state index is 11.7. The Hall–Kier alpha value is -3.13. The molecule has 0 saturated carbocycles. The number of hydrogen-bond donors (Lipinski definition) is 3. The SMILES string of the molecule is CN=C(NCCc1cccc(C(=O)NC)c1)NCc1cccnc1OCCOC. The van der Waals surface area contributed by atoms with Crippen molar-refractivity contribution < 1.29 is 14.3 Å². The number of hydrogen-bond acceptors (Lipinski definition) is 5. The first kappa shape index (κ1) is 22.2. The average molecular weight is 399 g/mol. The Morgan fingerprint density at radius 3 is 2.79 bits per heavy atom. The number of benzene rings is 1. The summed E-state index contributed by atoms with van der Waals surface area (Å²) in [6.45, 7) is 2.17. The van der Waals surface area contributed by atoms with Gasteiger partial charge in [0.15, 0.2) is 5.96 Å². The molecule has 29 heavy (non-hydrogen) atoms. The summed E-state index contributed by atoms with van der Waals surface area (Å²) >= 11 is 0. The molecule has 3 N–H and O–H groups in total. The molecule has 8 nitrogen and oxygen atoms in total. The lowest BCUT2D eigenvalue weighted by Gasteiger charge is -2.14. The van der Waals surface area contributed by atoms with E-state index in [9.17, 15) is 4.79 Å². The van der Waals surface area contributed by atoms with Gasteiger partial charge in [0.05, 0.1) is 6.61 Å². The summed E-state index contributed by atoms with van der Waals surface area (Å²) in [6, 6.07) is 11.4. The highest BCUT2D eigenvalue weighted by Gasteiger charge is 2.07. The van der Waals surface area contributed by atoms with Gasteiger partial charge >= 0.3 is 0 Å². The zero-order valence-corrected chi connectivity index (χ0v) is 17.2. The number of aliphatic imine (C=N–C) groups is 1. The van der Waals surface area contributed by atoms with Crippen molar-refractivity contribution in [1.29, 1.82) is 0 Å². The van der Waals surface area contributed by atoms with Crippen LogP contribution in [0.2, 0.25) is 0 Å². The Balaban J connectivity index is 1.84. The highest BCUT2D eigenvalue weighted by atomic mass is 16.5. The van der Waals surface area contributed by atoms with E-state index in [1.807, 2.05) is 30.3 Å². The van der Waals surface area contributed by atoms with E-state index in [2.05, 4.69) is 25.9 Å². The molecule has 0 fully saturated rings. The first-order chi connectivity index (χ1) is 14.2. The predicted octanol–water partition coefficient (Wildman–Crippen LogP) is 1.37. The average Bonchev–Trinajstić information content (AvgIpc) is 2.76. The zero-order valence-electron chi connectivity index (χ0n) is 17.2. The van der Waals surface area contributed by atoms with Gasteiger partial charge in [-0.15, -0.1) is 0 Å². The molecule has 0 atom stereocenters. The summed E-state index contributed by atoms with van der Waals surface area (Å²) in [5.74, 6) is 1.18. The Kier molecular flexibility index (Phi) is 9.44. The Morgan fingerprint density at radius 2 is 2.03 bits per heavy atom. The van der Waals surface area contributed by atoms with Gasteiger partial charge in [0.1, 0.15) is 6.61 Å². The molecule has 1 amide bonds. The molecule has 0 aliphatic heterocycles. The second kappa shape index (κ2) is 12.4. The van der Waals surface area contributed by atoms with Crippen molar-refractivity contribution in [3.63, 3.8) is 0 Å². The molecule has 2 aromatic rings. The van der Waals surface area contributed by atoms with Crippen LogP contribution in [0.3, 0.4) is 0 Å². The lowest BCUT2D eigenvalue weighted by molar-refractivity contribution is 0.0963. The van der Waals surface area contributed by atoms with Crippen LogP contribution in [0.15, 0.2) is 47.6 Å². The lowest BCUT2D eigenvalue weighted by Crippen LogP contribution is -2.38. The first-order valence-corrected chi connectivity index (χ1v) is 9.49. The molecule has 0 saturated heterocycles. The molecule has 2 rings (SSSR count). The van der Waals surface area contributed by atoms with E-state index in [4.69, 9.17) is 9.47 Å². The summed E-state index contributed by atoms with van der Waals surface area (Å²) in [7, 11) is 4.98. The topological polar surface area (TPSA) is 96.9 Å². The minimum atomic E-state index is -0.0859. The van der Waals surface area contributed by atoms with E-state index in [1.165, 1.54) is 0 Å². The molecule has 0 bridgehead atoms. The number of aromatic nitrogens is 1. The standard InChI is InChI=1S/C21H29N5O3/c1-22-19(27)17-7-4-6-16(14-17)9-11-25-21(23-2)26-15-18-8-5-10-24-20(18)29-13-12-28-3/h4-8,10,14H,9,11-13,15H2,1-3H3,(H,22,27)(H2,23,25,26). The number of nitrogens with one attached hydrogen (secondary N) is 3. The van der Waals surface area contributed by atoms with Crippen LogP contribution in [0.4, 0.5) is 0 Å². The number of carbonyl (C=O) groups excluding carboxylic acids is 1. The van der Waals surface area contributed by atoms with Crippen LogP contribution in [0.5, 0.6) is 5.88 Å². The van der Waals surface area contributed by atoms with Crippen LogP contribution in [-0.4, -0.2) is 57.8 Å². The monoisotopic (exact) mass is 399 g/mol. The molecule has 1 heterocycles. The summed E-state index contributed by atoms with van der Waals surface area (Å²) in [4.78, 5) is 20.3. The molecule has 1 aromatic heterocycles. The fraction of sp³-hybridized carbons (Fsp3) is 0.381. The fourth-order valence-corrected chi connectivity index (χ4v) is 2.65. The van der Waals surface area contributed by atoms with Gasteiger partial charge in [-0.25, -0.2) is 4.98 Å². The Morgan fingerprint density at radius 1 is 1.17 bits per heavy atom. The van der Waals surface area contributed by atoms with Crippen LogP contribution in [0, 0.1) is 0 Å². The molecule has 0 aliphatic carbocycles. The Labute approximate surface area is 171 Å². The normalized spacial score (nSPS) is 11.1. The van der Waals surface area contributed by atoms with Crippen molar-refractivity contribution in [2.24, 2.45) is 4.99 Å². The summed E-state index contributed by atoms with van der Waals surface area (Å²) in [6.07, 6.45) is 2.47. The van der Waals surface area contributed by atoms with Gasteiger partial charge in [-0.3, -0.25) is 9.79 Å². The van der Waals surface area contributed by atoms with Crippen molar-refractivity contribution in [2.75, 3.05) is 41.0 Å². The van der Waals surface area contributed by atoms with Gasteiger partial charge in [-0.2, -0.15) is 0 Å². The van der Waals surface area contributed by atoms with E-state index in [-0.39, 0.29) is 5.91 Å². The number of guanidine groups is 1. The molecule has 8 heteroatoms. The van der Waals surface area contributed by atoms with Gasteiger partial charge in [0, 0.05) is 51.6 Å². The van der Waals surface area contributed by atoms with E-state index in [1.54, 1.807) is 33.5 Å². The zero-order chi connectivity index (χ0) is 20.9. The van der Waals surface area contributed by atoms with Crippen LogP contribution < -0.4 is 20.7 Å². The predicted molar refractivity (Wildman–Crippen MR) is 113 cm³/mol. The first-order valence-electron chi connectivity index (χ1n) is 9.49. The van der Waals surface area contributed by atoms with E-state index in [0.717, 1.165) is 17.5 Å². The smallest absolute Gasteiger partial charge is 0.251 e. The number of pyridine rings is 1.